The number of amides is 1. The molecule has 120 valence electrons. The largest absolute Gasteiger partial charge is 0.383 e. The van der Waals surface area contributed by atoms with Gasteiger partial charge in [0.15, 0.2) is 0 Å². The van der Waals surface area contributed by atoms with Crippen LogP contribution in [-0.4, -0.2) is 26.3 Å². The smallest absolute Gasteiger partial charge is 0.233 e. The highest BCUT2D eigenvalue weighted by Crippen LogP contribution is 2.32. The second-order valence-corrected chi connectivity index (χ2v) is 7.81. The van der Waals surface area contributed by atoms with E-state index < -0.39 is 9.73 Å². The molecule has 1 aliphatic heterocycles. The highest BCUT2D eigenvalue weighted by molar-refractivity contribution is 7.91. The van der Waals surface area contributed by atoms with Gasteiger partial charge in [-0.2, -0.15) is 0 Å². The third-order valence-corrected chi connectivity index (χ3v) is 4.62. The number of rotatable bonds is 3. The normalized spacial score (nSPS) is 16.3. The molecule has 1 aliphatic rings. The maximum absolute atomic E-state index is 12.3. The molecule has 0 saturated carbocycles. The van der Waals surface area contributed by atoms with Crippen LogP contribution in [0.5, 0.6) is 0 Å². The number of nitrogen functional groups attached to an aromatic ring is 1. The quantitative estimate of drug-likeness (QED) is 0.819. The zero-order valence-corrected chi connectivity index (χ0v) is 13.8. The highest BCUT2D eigenvalue weighted by atomic mass is 35.5. The molecule has 0 radical (unpaired) electrons. The molecule has 1 aromatic carbocycles. The Morgan fingerprint density at radius 1 is 1.35 bits per heavy atom. The van der Waals surface area contributed by atoms with Crippen LogP contribution in [0.4, 0.5) is 11.6 Å². The lowest BCUT2D eigenvalue weighted by Gasteiger charge is -2.17. The van der Waals surface area contributed by atoms with Gasteiger partial charge >= 0.3 is 0 Å². The number of fused-ring (bicyclic) bond motifs is 1. The van der Waals surface area contributed by atoms with Crippen molar-refractivity contribution in [3.05, 3.63) is 40.4 Å². The number of halogens is 1. The molecule has 9 heteroatoms. The monoisotopic (exact) mass is 351 g/mol. The van der Waals surface area contributed by atoms with Crippen molar-refractivity contribution in [1.82, 2.24) is 9.97 Å². The van der Waals surface area contributed by atoms with Crippen molar-refractivity contribution in [3.63, 3.8) is 0 Å². The van der Waals surface area contributed by atoms with Crippen LogP contribution in [0.15, 0.2) is 29.4 Å². The summed E-state index contributed by atoms with van der Waals surface area (Å²) in [5.41, 5.74) is 7.23. The lowest BCUT2D eigenvalue weighted by molar-refractivity contribution is -0.117. The van der Waals surface area contributed by atoms with E-state index in [1.807, 2.05) is 12.1 Å². The molecular formula is C14H14ClN5O2S. The summed E-state index contributed by atoms with van der Waals surface area (Å²) in [6, 6.07) is 7.10. The van der Waals surface area contributed by atoms with E-state index in [0.29, 0.717) is 22.9 Å². The fourth-order valence-corrected chi connectivity index (χ4v) is 2.99. The summed E-state index contributed by atoms with van der Waals surface area (Å²) in [6.07, 6.45) is 1.31. The molecule has 23 heavy (non-hydrogen) atoms. The number of aromatic nitrogens is 2. The second-order valence-electron chi connectivity index (χ2n) is 5.32. The molecule has 3 rings (SSSR count). The Hall–Kier alpha value is -2.19. The standard InChI is InChI=1S/C14H14ClN5O2S/c1-23(17,22)14-18-12(16)10-6-11(21)20(13(10)19-14)7-8-2-4-9(15)5-3-8/h2-5,17H,6-7H2,1H3,(H2,16,18,19). The van der Waals surface area contributed by atoms with Crippen molar-refractivity contribution >= 4 is 38.9 Å². The molecular weight excluding hydrogens is 338 g/mol. The number of hydrogen-bond acceptors (Lipinski definition) is 6. The topological polar surface area (TPSA) is 113 Å². The second kappa shape index (κ2) is 5.47. The van der Waals surface area contributed by atoms with Gasteiger partial charge in [-0.3, -0.25) is 9.69 Å². The fourth-order valence-electron chi connectivity index (χ4n) is 2.34. The number of benzene rings is 1. The predicted molar refractivity (Wildman–Crippen MR) is 87.8 cm³/mol. The summed E-state index contributed by atoms with van der Waals surface area (Å²) in [5.74, 6) is 0.258. The molecule has 1 aromatic heterocycles. The van der Waals surface area contributed by atoms with Crippen molar-refractivity contribution < 1.29 is 9.00 Å². The third-order valence-electron chi connectivity index (χ3n) is 3.48. The fraction of sp³-hybridized carbons (Fsp3) is 0.214. The predicted octanol–water partition coefficient (Wildman–Crippen LogP) is 1.84. The Morgan fingerprint density at radius 3 is 2.61 bits per heavy atom. The van der Waals surface area contributed by atoms with Crippen LogP contribution in [0.25, 0.3) is 0 Å². The van der Waals surface area contributed by atoms with E-state index in [4.69, 9.17) is 22.1 Å². The summed E-state index contributed by atoms with van der Waals surface area (Å²) < 4.78 is 19.5. The van der Waals surface area contributed by atoms with Crippen LogP contribution in [0.3, 0.4) is 0 Å². The molecule has 2 heterocycles. The van der Waals surface area contributed by atoms with E-state index in [-0.39, 0.29) is 23.3 Å². The molecule has 0 spiro atoms. The minimum absolute atomic E-state index is 0.0952. The molecule has 0 fully saturated rings. The molecule has 1 amide bonds. The summed E-state index contributed by atoms with van der Waals surface area (Å²) in [7, 11) is -3.12. The Labute approximate surface area is 138 Å². The third kappa shape index (κ3) is 2.99. The number of hydrogen-bond donors (Lipinski definition) is 2. The van der Waals surface area contributed by atoms with Crippen LogP contribution in [0.1, 0.15) is 11.1 Å². The van der Waals surface area contributed by atoms with E-state index in [9.17, 15) is 9.00 Å². The van der Waals surface area contributed by atoms with Crippen molar-refractivity contribution in [1.29, 1.82) is 4.78 Å². The van der Waals surface area contributed by atoms with Gasteiger partial charge in [-0.1, -0.05) is 23.7 Å². The molecule has 1 unspecified atom stereocenters. The molecule has 0 aliphatic carbocycles. The molecule has 2 aromatic rings. The molecule has 3 N–H and O–H groups in total. The lowest BCUT2D eigenvalue weighted by Crippen LogP contribution is -2.27. The number of nitrogens with two attached hydrogens (primary N) is 1. The van der Waals surface area contributed by atoms with Crippen LogP contribution < -0.4 is 10.6 Å². The number of nitrogens with zero attached hydrogens (tertiary/aromatic N) is 3. The van der Waals surface area contributed by atoms with Gasteiger partial charge in [0, 0.05) is 16.8 Å². The van der Waals surface area contributed by atoms with Gasteiger partial charge in [0.1, 0.15) is 21.4 Å². The van der Waals surface area contributed by atoms with Crippen LogP contribution in [0, 0.1) is 4.78 Å². The Morgan fingerprint density at radius 2 is 2.00 bits per heavy atom. The lowest BCUT2D eigenvalue weighted by atomic mass is 10.2. The minimum Gasteiger partial charge on any atom is -0.383 e. The zero-order valence-electron chi connectivity index (χ0n) is 12.2. The van der Waals surface area contributed by atoms with Gasteiger partial charge < -0.3 is 5.73 Å². The van der Waals surface area contributed by atoms with Gasteiger partial charge in [0.05, 0.1) is 13.0 Å². The van der Waals surface area contributed by atoms with E-state index in [0.717, 1.165) is 5.56 Å². The van der Waals surface area contributed by atoms with Gasteiger partial charge in [-0.15, -0.1) is 0 Å². The Bertz CT molecular complexity index is 896. The van der Waals surface area contributed by atoms with Gasteiger partial charge in [-0.25, -0.2) is 19.0 Å². The first-order chi connectivity index (χ1) is 10.8. The van der Waals surface area contributed by atoms with E-state index in [1.165, 1.54) is 11.2 Å². The van der Waals surface area contributed by atoms with Crippen LogP contribution in [-0.2, 0) is 27.5 Å². The highest BCUT2D eigenvalue weighted by Gasteiger charge is 2.32. The summed E-state index contributed by atoms with van der Waals surface area (Å²) >= 11 is 5.86. The first-order valence-corrected chi connectivity index (χ1v) is 9.05. The minimum atomic E-state index is -3.12. The average Bonchev–Trinajstić information content (AvgIpc) is 2.78. The van der Waals surface area contributed by atoms with E-state index >= 15 is 0 Å². The van der Waals surface area contributed by atoms with E-state index in [2.05, 4.69) is 9.97 Å². The summed E-state index contributed by atoms with van der Waals surface area (Å²) in [6.45, 7) is 0.293. The SMILES string of the molecule is CS(=N)(=O)c1nc(N)c2c(n1)N(Cc1ccc(Cl)cc1)C(=O)C2. The molecule has 0 saturated heterocycles. The average molecular weight is 352 g/mol. The maximum Gasteiger partial charge on any atom is 0.233 e. The maximum atomic E-state index is 12.3. The number of carbonyl (C=O) groups excluding carboxylic acids is 1. The van der Waals surface area contributed by atoms with Gasteiger partial charge in [-0.05, 0) is 17.7 Å². The Kier molecular flexibility index (Phi) is 3.73. The molecule has 1 atom stereocenters. The molecule has 0 bridgehead atoms. The molecule has 7 nitrogen and oxygen atoms in total. The van der Waals surface area contributed by atoms with Crippen LogP contribution in [0.2, 0.25) is 5.02 Å². The summed E-state index contributed by atoms with van der Waals surface area (Å²) in [5, 5.41) is 0.445. The number of carbonyl (C=O) groups is 1. The zero-order chi connectivity index (χ0) is 16.8. The van der Waals surface area contributed by atoms with Gasteiger partial charge in [0.25, 0.3) is 0 Å². The number of nitrogens with one attached hydrogen (secondary N) is 1. The van der Waals surface area contributed by atoms with Crippen molar-refractivity contribution in [3.8, 4) is 0 Å². The Balaban J connectivity index is 2.03. The first kappa shape index (κ1) is 15.7. The number of anilines is 2. The van der Waals surface area contributed by atoms with Crippen LogP contribution >= 0.6 is 11.6 Å². The van der Waals surface area contributed by atoms with Crippen molar-refractivity contribution in [2.24, 2.45) is 0 Å². The van der Waals surface area contributed by atoms with E-state index in [1.54, 1.807) is 12.1 Å². The van der Waals surface area contributed by atoms with Crippen molar-refractivity contribution in [2.45, 2.75) is 18.1 Å². The first-order valence-electron chi connectivity index (χ1n) is 6.70. The van der Waals surface area contributed by atoms with Crippen molar-refractivity contribution in [2.75, 3.05) is 16.9 Å². The summed E-state index contributed by atoms with van der Waals surface area (Å²) in [4.78, 5) is 21.8. The van der Waals surface area contributed by atoms with Gasteiger partial charge in [0.2, 0.25) is 11.1 Å².